The van der Waals surface area contributed by atoms with Crippen molar-refractivity contribution in [2.45, 2.75) is 24.9 Å². The second-order valence-electron chi connectivity index (χ2n) is 3.60. The Morgan fingerprint density at radius 3 is 3.00 bits per heavy atom. The van der Waals surface area contributed by atoms with Gasteiger partial charge in [0, 0.05) is 18.6 Å². The van der Waals surface area contributed by atoms with E-state index in [2.05, 4.69) is 22.1 Å². The lowest BCUT2D eigenvalue weighted by molar-refractivity contribution is 0.570. The van der Waals surface area contributed by atoms with Crippen molar-refractivity contribution in [1.82, 2.24) is 5.32 Å². The van der Waals surface area contributed by atoms with Gasteiger partial charge in [0.15, 0.2) is 0 Å². The van der Waals surface area contributed by atoms with E-state index in [4.69, 9.17) is 5.73 Å². The highest BCUT2D eigenvalue weighted by Crippen LogP contribution is 2.30. The monoisotopic (exact) mass is 182 g/mol. The Balaban J connectivity index is 1.69. The van der Waals surface area contributed by atoms with Crippen LogP contribution in [0.5, 0.6) is 0 Å². The van der Waals surface area contributed by atoms with Crippen LogP contribution < -0.4 is 11.1 Å². The lowest BCUT2D eigenvalue weighted by Gasteiger charge is -2.08. The molecule has 1 heterocycles. The van der Waals surface area contributed by atoms with Crippen LogP contribution in [0.1, 0.15) is 18.4 Å². The molecule has 1 aliphatic carbocycles. The fourth-order valence-corrected chi connectivity index (χ4v) is 1.85. The Morgan fingerprint density at radius 1 is 1.58 bits per heavy atom. The molecule has 1 fully saturated rings. The molecule has 0 aromatic carbocycles. The first-order valence-corrected chi connectivity index (χ1v) is 5.23. The van der Waals surface area contributed by atoms with Crippen molar-refractivity contribution >= 4 is 11.3 Å². The summed E-state index contributed by atoms with van der Waals surface area (Å²) in [7, 11) is 0. The Morgan fingerprint density at radius 2 is 2.42 bits per heavy atom. The Labute approximate surface area is 76.8 Å². The van der Waals surface area contributed by atoms with Crippen molar-refractivity contribution in [1.29, 1.82) is 0 Å². The van der Waals surface area contributed by atoms with Gasteiger partial charge >= 0.3 is 0 Å². The van der Waals surface area contributed by atoms with Crippen LogP contribution in [0.2, 0.25) is 0 Å². The number of nitrogens with two attached hydrogens (primary N) is 1. The molecule has 0 radical (unpaired) electrons. The lowest BCUT2D eigenvalue weighted by atomic mass is 10.3. The Hall–Kier alpha value is -0.380. The van der Waals surface area contributed by atoms with Crippen molar-refractivity contribution in [2.75, 3.05) is 6.54 Å². The molecule has 3 heteroatoms. The summed E-state index contributed by atoms with van der Waals surface area (Å²) in [5.74, 6) is 0. The molecule has 0 aliphatic heterocycles. The molecule has 2 nitrogen and oxygen atoms in total. The molecular weight excluding hydrogens is 168 g/mol. The molecular formula is C9H14N2S. The molecule has 0 bridgehead atoms. The minimum Gasteiger partial charge on any atom is -0.324 e. The molecule has 12 heavy (non-hydrogen) atoms. The zero-order valence-corrected chi connectivity index (χ0v) is 7.86. The average Bonchev–Trinajstić information content (AvgIpc) is 2.61. The normalized spacial score (nSPS) is 19.4. The molecule has 1 aliphatic rings. The standard InChI is InChI=1S/C9H14N2S/c10-9(2-3-9)7-11-5-8-1-4-12-6-8/h1,4,6,11H,2-3,5,7,10H2. The topological polar surface area (TPSA) is 38.0 Å². The summed E-state index contributed by atoms with van der Waals surface area (Å²) < 4.78 is 0. The molecule has 3 N–H and O–H groups in total. The van der Waals surface area contributed by atoms with Gasteiger partial charge < -0.3 is 11.1 Å². The van der Waals surface area contributed by atoms with Gasteiger partial charge in [-0.2, -0.15) is 11.3 Å². The van der Waals surface area contributed by atoms with E-state index < -0.39 is 0 Å². The van der Waals surface area contributed by atoms with Gasteiger partial charge in [0.1, 0.15) is 0 Å². The van der Waals surface area contributed by atoms with Crippen LogP contribution in [-0.4, -0.2) is 12.1 Å². The predicted molar refractivity (Wildman–Crippen MR) is 52.2 cm³/mol. The molecule has 0 unspecified atom stereocenters. The van der Waals surface area contributed by atoms with Crippen molar-refractivity contribution in [3.05, 3.63) is 22.4 Å². The van der Waals surface area contributed by atoms with Gasteiger partial charge in [-0.3, -0.25) is 0 Å². The van der Waals surface area contributed by atoms with E-state index in [1.807, 2.05) is 0 Å². The first-order chi connectivity index (χ1) is 5.79. The molecule has 66 valence electrons. The number of nitrogens with one attached hydrogen (secondary N) is 1. The van der Waals surface area contributed by atoms with E-state index in [1.165, 1.54) is 18.4 Å². The average molecular weight is 182 g/mol. The molecule has 0 amide bonds. The molecule has 2 rings (SSSR count). The van der Waals surface area contributed by atoms with Crippen LogP contribution in [0.3, 0.4) is 0 Å². The largest absolute Gasteiger partial charge is 0.324 e. The summed E-state index contributed by atoms with van der Waals surface area (Å²) in [4.78, 5) is 0. The summed E-state index contributed by atoms with van der Waals surface area (Å²) in [6.45, 7) is 1.92. The third-order valence-corrected chi connectivity index (χ3v) is 3.01. The number of hydrogen-bond donors (Lipinski definition) is 2. The summed E-state index contributed by atoms with van der Waals surface area (Å²) in [5.41, 5.74) is 7.43. The molecule has 1 aromatic heterocycles. The van der Waals surface area contributed by atoms with Gasteiger partial charge in [0.2, 0.25) is 0 Å². The van der Waals surface area contributed by atoms with Crippen molar-refractivity contribution in [2.24, 2.45) is 5.73 Å². The van der Waals surface area contributed by atoms with E-state index in [9.17, 15) is 0 Å². The first kappa shape index (κ1) is 8.23. The number of hydrogen-bond acceptors (Lipinski definition) is 3. The zero-order chi connectivity index (χ0) is 8.44. The summed E-state index contributed by atoms with van der Waals surface area (Å²) in [6, 6.07) is 2.15. The van der Waals surface area contributed by atoms with Crippen LogP contribution in [0.4, 0.5) is 0 Å². The summed E-state index contributed by atoms with van der Waals surface area (Å²) in [5, 5.41) is 7.65. The third kappa shape index (κ3) is 2.06. The fourth-order valence-electron chi connectivity index (χ4n) is 1.19. The molecule has 0 spiro atoms. The Bertz CT molecular complexity index is 239. The van der Waals surface area contributed by atoms with Crippen LogP contribution in [0, 0.1) is 0 Å². The molecule has 0 saturated heterocycles. The maximum absolute atomic E-state index is 5.93. The maximum atomic E-state index is 5.93. The van der Waals surface area contributed by atoms with Gasteiger partial charge in [0.05, 0.1) is 0 Å². The SMILES string of the molecule is NC1(CNCc2ccsc2)CC1. The van der Waals surface area contributed by atoms with Gasteiger partial charge in [-0.05, 0) is 35.2 Å². The second-order valence-corrected chi connectivity index (χ2v) is 4.38. The van der Waals surface area contributed by atoms with Crippen LogP contribution in [0.25, 0.3) is 0 Å². The third-order valence-electron chi connectivity index (χ3n) is 2.28. The van der Waals surface area contributed by atoms with Gasteiger partial charge in [-0.15, -0.1) is 0 Å². The lowest BCUT2D eigenvalue weighted by Crippen LogP contribution is -2.35. The molecule has 1 saturated carbocycles. The number of thiophene rings is 1. The van der Waals surface area contributed by atoms with Gasteiger partial charge in [-0.25, -0.2) is 0 Å². The minimum atomic E-state index is 0.135. The molecule has 0 atom stereocenters. The highest BCUT2D eigenvalue weighted by molar-refractivity contribution is 7.07. The second kappa shape index (κ2) is 3.17. The number of rotatable bonds is 4. The predicted octanol–water partition coefficient (Wildman–Crippen LogP) is 1.33. The first-order valence-electron chi connectivity index (χ1n) is 4.29. The maximum Gasteiger partial charge on any atom is 0.0282 e. The highest BCUT2D eigenvalue weighted by atomic mass is 32.1. The van der Waals surface area contributed by atoms with Gasteiger partial charge in [-0.1, -0.05) is 0 Å². The highest BCUT2D eigenvalue weighted by Gasteiger charge is 2.37. The van der Waals surface area contributed by atoms with E-state index in [-0.39, 0.29) is 5.54 Å². The van der Waals surface area contributed by atoms with Crippen LogP contribution in [0.15, 0.2) is 16.8 Å². The fraction of sp³-hybridized carbons (Fsp3) is 0.556. The van der Waals surface area contributed by atoms with E-state index in [1.54, 1.807) is 11.3 Å². The quantitative estimate of drug-likeness (QED) is 0.737. The van der Waals surface area contributed by atoms with Crippen LogP contribution >= 0.6 is 11.3 Å². The Kier molecular flexibility index (Phi) is 2.17. The van der Waals surface area contributed by atoms with Crippen molar-refractivity contribution in [3.8, 4) is 0 Å². The van der Waals surface area contributed by atoms with Crippen molar-refractivity contribution in [3.63, 3.8) is 0 Å². The smallest absolute Gasteiger partial charge is 0.0282 e. The summed E-state index contributed by atoms with van der Waals surface area (Å²) >= 11 is 1.74. The molecule has 1 aromatic rings. The van der Waals surface area contributed by atoms with E-state index in [0.717, 1.165) is 13.1 Å². The summed E-state index contributed by atoms with van der Waals surface area (Å²) in [6.07, 6.45) is 2.37. The van der Waals surface area contributed by atoms with Crippen molar-refractivity contribution < 1.29 is 0 Å². The van der Waals surface area contributed by atoms with E-state index in [0.29, 0.717) is 0 Å². The van der Waals surface area contributed by atoms with Gasteiger partial charge in [0.25, 0.3) is 0 Å². The van der Waals surface area contributed by atoms with Crippen LogP contribution in [-0.2, 0) is 6.54 Å². The minimum absolute atomic E-state index is 0.135. The zero-order valence-electron chi connectivity index (χ0n) is 7.05. The van der Waals surface area contributed by atoms with E-state index >= 15 is 0 Å².